The summed E-state index contributed by atoms with van der Waals surface area (Å²) in [4.78, 5) is 15.1. The van der Waals surface area contributed by atoms with Gasteiger partial charge in [-0.3, -0.25) is 10.1 Å². The van der Waals surface area contributed by atoms with Crippen LogP contribution in [0.3, 0.4) is 0 Å². The van der Waals surface area contributed by atoms with Crippen molar-refractivity contribution < 1.29 is 4.79 Å². The summed E-state index contributed by atoms with van der Waals surface area (Å²) in [5.41, 5.74) is 2.21. The highest BCUT2D eigenvalue weighted by Crippen LogP contribution is 2.27. The zero-order chi connectivity index (χ0) is 19.2. The Morgan fingerprint density at radius 1 is 0.889 bits per heavy atom. The summed E-state index contributed by atoms with van der Waals surface area (Å²) in [6.45, 7) is 7.61. The molecule has 0 unspecified atom stereocenters. The van der Waals surface area contributed by atoms with Gasteiger partial charge in [0.1, 0.15) is 6.04 Å². The number of carbonyl (C=O) groups excluding carboxylic acids is 1. The molecule has 27 heavy (non-hydrogen) atoms. The van der Waals surface area contributed by atoms with Gasteiger partial charge in [-0.2, -0.15) is 0 Å². The summed E-state index contributed by atoms with van der Waals surface area (Å²) < 4.78 is 0. The molecule has 2 atom stereocenters. The summed E-state index contributed by atoms with van der Waals surface area (Å²) >= 11 is 0. The standard InChI is InChI=1S/C24H28N2O/c1-4-26(5-2)24(27)23(20-13-7-6-8-14-20)25-18(3)21-17-11-15-19-12-9-10-16-22(19)21/h6-18,23,25H,4-5H2,1-3H3/t18-,23-/m0/s1. The second kappa shape index (κ2) is 8.83. The topological polar surface area (TPSA) is 32.3 Å². The lowest BCUT2D eigenvalue weighted by molar-refractivity contribution is -0.133. The van der Waals surface area contributed by atoms with Crippen LogP contribution in [0.15, 0.2) is 72.8 Å². The monoisotopic (exact) mass is 360 g/mol. The molecule has 0 aliphatic heterocycles. The van der Waals surface area contributed by atoms with E-state index in [1.807, 2.05) is 49.1 Å². The van der Waals surface area contributed by atoms with Gasteiger partial charge in [-0.15, -0.1) is 0 Å². The van der Waals surface area contributed by atoms with Gasteiger partial charge in [0, 0.05) is 19.1 Å². The first-order valence-electron chi connectivity index (χ1n) is 9.73. The predicted molar refractivity (Wildman–Crippen MR) is 113 cm³/mol. The van der Waals surface area contributed by atoms with E-state index in [2.05, 4.69) is 54.7 Å². The Morgan fingerprint density at radius 2 is 1.52 bits per heavy atom. The highest BCUT2D eigenvalue weighted by atomic mass is 16.2. The smallest absolute Gasteiger partial charge is 0.244 e. The first-order valence-corrected chi connectivity index (χ1v) is 9.73. The molecule has 0 aliphatic rings. The minimum Gasteiger partial charge on any atom is -0.342 e. The fraction of sp³-hybridized carbons (Fsp3) is 0.292. The lowest BCUT2D eigenvalue weighted by atomic mass is 9.97. The van der Waals surface area contributed by atoms with E-state index in [1.165, 1.54) is 16.3 Å². The summed E-state index contributed by atoms with van der Waals surface area (Å²) in [5, 5.41) is 6.04. The van der Waals surface area contributed by atoms with Gasteiger partial charge in [0.25, 0.3) is 0 Å². The van der Waals surface area contributed by atoms with Gasteiger partial charge in [0.15, 0.2) is 0 Å². The van der Waals surface area contributed by atoms with Crippen LogP contribution in [-0.2, 0) is 4.79 Å². The minimum absolute atomic E-state index is 0.0424. The molecule has 3 aromatic rings. The Bertz CT molecular complexity index is 882. The largest absolute Gasteiger partial charge is 0.342 e. The van der Waals surface area contributed by atoms with Gasteiger partial charge < -0.3 is 4.90 Å². The van der Waals surface area contributed by atoms with Crippen LogP contribution < -0.4 is 5.32 Å². The zero-order valence-electron chi connectivity index (χ0n) is 16.4. The molecule has 0 fully saturated rings. The van der Waals surface area contributed by atoms with E-state index in [0.717, 1.165) is 5.56 Å². The Labute approximate surface area is 162 Å². The zero-order valence-corrected chi connectivity index (χ0v) is 16.4. The minimum atomic E-state index is -0.361. The van der Waals surface area contributed by atoms with Crippen molar-refractivity contribution in [2.45, 2.75) is 32.9 Å². The third-order valence-electron chi connectivity index (χ3n) is 5.16. The lowest BCUT2D eigenvalue weighted by Gasteiger charge is -2.29. The van der Waals surface area contributed by atoms with Crippen molar-refractivity contribution in [2.24, 2.45) is 0 Å². The predicted octanol–water partition coefficient (Wildman–Crippen LogP) is 5.10. The first-order chi connectivity index (χ1) is 13.2. The number of rotatable bonds is 7. The van der Waals surface area contributed by atoms with Crippen LogP contribution in [0.25, 0.3) is 10.8 Å². The molecule has 3 rings (SSSR count). The lowest BCUT2D eigenvalue weighted by Crippen LogP contribution is -2.41. The number of fused-ring (bicyclic) bond motifs is 1. The summed E-state index contributed by atoms with van der Waals surface area (Å²) in [5.74, 6) is 0.123. The molecule has 3 nitrogen and oxygen atoms in total. The number of hydrogen-bond donors (Lipinski definition) is 1. The van der Waals surface area contributed by atoms with Crippen molar-refractivity contribution in [3.05, 3.63) is 83.9 Å². The first kappa shape index (κ1) is 19.1. The van der Waals surface area contributed by atoms with Crippen LogP contribution in [0.2, 0.25) is 0 Å². The van der Waals surface area contributed by atoms with E-state index in [4.69, 9.17) is 0 Å². The molecule has 1 amide bonds. The number of benzene rings is 3. The molecule has 0 bridgehead atoms. The van der Waals surface area contributed by atoms with Crippen molar-refractivity contribution in [1.82, 2.24) is 10.2 Å². The van der Waals surface area contributed by atoms with Crippen molar-refractivity contribution in [3.63, 3.8) is 0 Å². The van der Waals surface area contributed by atoms with Crippen LogP contribution in [0.1, 0.15) is 44.0 Å². The quantitative estimate of drug-likeness (QED) is 0.636. The van der Waals surface area contributed by atoms with E-state index in [0.29, 0.717) is 13.1 Å². The summed E-state index contributed by atoms with van der Waals surface area (Å²) in [6, 6.07) is 24.4. The third-order valence-corrected chi connectivity index (χ3v) is 5.16. The Balaban J connectivity index is 1.94. The van der Waals surface area contributed by atoms with Crippen LogP contribution in [0.5, 0.6) is 0 Å². The molecule has 0 saturated heterocycles. The summed E-state index contributed by atoms with van der Waals surface area (Å²) in [6.07, 6.45) is 0. The Hall–Kier alpha value is -2.65. The number of amides is 1. The molecule has 0 heterocycles. The maximum atomic E-state index is 13.2. The molecular weight excluding hydrogens is 332 g/mol. The maximum absolute atomic E-state index is 13.2. The van der Waals surface area contributed by atoms with Crippen LogP contribution >= 0.6 is 0 Å². The van der Waals surface area contributed by atoms with Crippen molar-refractivity contribution in [3.8, 4) is 0 Å². The Kier molecular flexibility index (Phi) is 6.25. The number of hydrogen-bond acceptors (Lipinski definition) is 2. The van der Waals surface area contributed by atoms with Gasteiger partial charge in [-0.25, -0.2) is 0 Å². The highest BCUT2D eigenvalue weighted by Gasteiger charge is 2.26. The summed E-state index contributed by atoms with van der Waals surface area (Å²) in [7, 11) is 0. The molecule has 3 heteroatoms. The van der Waals surface area contributed by atoms with E-state index < -0.39 is 0 Å². The molecule has 0 aromatic heterocycles. The van der Waals surface area contributed by atoms with Gasteiger partial charge in [-0.1, -0.05) is 72.8 Å². The van der Waals surface area contributed by atoms with E-state index in [-0.39, 0.29) is 18.0 Å². The molecule has 140 valence electrons. The molecule has 0 aliphatic carbocycles. The average molecular weight is 361 g/mol. The maximum Gasteiger partial charge on any atom is 0.244 e. The van der Waals surface area contributed by atoms with Gasteiger partial charge in [0.05, 0.1) is 0 Å². The van der Waals surface area contributed by atoms with Crippen LogP contribution in [0.4, 0.5) is 0 Å². The van der Waals surface area contributed by atoms with Crippen molar-refractivity contribution in [1.29, 1.82) is 0 Å². The number of nitrogens with one attached hydrogen (secondary N) is 1. The van der Waals surface area contributed by atoms with Gasteiger partial charge >= 0.3 is 0 Å². The van der Waals surface area contributed by atoms with Crippen molar-refractivity contribution >= 4 is 16.7 Å². The van der Waals surface area contributed by atoms with Gasteiger partial charge in [-0.05, 0) is 42.7 Å². The Morgan fingerprint density at radius 3 is 2.22 bits per heavy atom. The van der Waals surface area contributed by atoms with Crippen molar-refractivity contribution in [2.75, 3.05) is 13.1 Å². The fourth-order valence-electron chi connectivity index (χ4n) is 3.64. The molecule has 0 spiro atoms. The molecule has 1 N–H and O–H groups in total. The molecular formula is C24H28N2O. The fourth-order valence-corrected chi connectivity index (χ4v) is 3.64. The normalized spacial score (nSPS) is 13.3. The van der Waals surface area contributed by atoms with Gasteiger partial charge in [0.2, 0.25) is 5.91 Å². The third kappa shape index (κ3) is 4.20. The SMILES string of the molecule is CCN(CC)C(=O)[C@@H](N[C@@H](C)c1cccc2ccccc12)c1ccccc1. The van der Waals surface area contributed by atoms with E-state index >= 15 is 0 Å². The average Bonchev–Trinajstić information content (AvgIpc) is 2.72. The van der Waals surface area contributed by atoms with E-state index in [9.17, 15) is 4.79 Å². The number of likely N-dealkylation sites (N-methyl/N-ethyl adjacent to an activating group) is 1. The molecule has 3 aromatic carbocycles. The van der Waals surface area contributed by atoms with E-state index in [1.54, 1.807) is 0 Å². The highest BCUT2D eigenvalue weighted by molar-refractivity contribution is 5.86. The molecule has 0 radical (unpaired) electrons. The molecule has 0 saturated carbocycles. The second-order valence-corrected chi connectivity index (χ2v) is 6.81. The second-order valence-electron chi connectivity index (χ2n) is 6.81. The number of nitrogens with zero attached hydrogens (tertiary/aromatic N) is 1. The van der Waals surface area contributed by atoms with Crippen LogP contribution in [-0.4, -0.2) is 23.9 Å². The number of carbonyl (C=O) groups is 1. The van der Waals surface area contributed by atoms with Crippen LogP contribution in [0, 0.1) is 0 Å².